The van der Waals surface area contributed by atoms with Crippen LogP contribution < -0.4 is 10.6 Å². The molecule has 0 saturated carbocycles. The summed E-state index contributed by atoms with van der Waals surface area (Å²) in [5, 5.41) is 2.45. The van der Waals surface area contributed by atoms with Gasteiger partial charge < -0.3 is 0 Å². The maximum absolute atomic E-state index is 7.22. The van der Waals surface area contributed by atoms with Crippen molar-refractivity contribution in [2.24, 2.45) is 0 Å². The first-order valence-corrected chi connectivity index (χ1v) is 10.6. The molecule has 0 aliphatic heterocycles. The van der Waals surface area contributed by atoms with Gasteiger partial charge in [0, 0.05) is 0 Å². The lowest BCUT2D eigenvalue weighted by molar-refractivity contribution is 1.64. The van der Waals surface area contributed by atoms with E-state index in [1.165, 1.54) is 16.2 Å². The highest BCUT2D eigenvalue weighted by Crippen LogP contribution is 2.61. The molecule has 0 atom stereocenters. The third-order valence-electron chi connectivity index (χ3n) is 3.80. The maximum atomic E-state index is 7.22. The van der Waals surface area contributed by atoms with Crippen LogP contribution in [0.25, 0.3) is 6.08 Å². The summed E-state index contributed by atoms with van der Waals surface area (Å²) in [5.41, 5.74) is 1.21. The van der Waals surface area contributed by atoms with Crippen molar-refractivity contribution in [2.45, 2.75) is 0 Å². The molecule has 0 aliphatic rings. The van der Waals surface area contributed by atoms with E-state index in [9.17, 15) is 0 Å². The van der Waals surface area contributed by atoms with Crippen LogP contribution in [0.4, 0.5) is 0 Å². The highest BCUT2D eigenvalue weighted by atomic mass is 35.7. The number of allylic oxidation sites excluding steroid dienone is 1. The maximum Gasteiger partial charge on any atom is 0.182 e. The molecule has 3 aromatic rings. The third kappa shape index (κ3) is 3.91. The summed E-state index contributed by atoms with van der Waals surface area (Å²) >= 11 is 7.22. The Morgan fingerprint density at radius 3 is 1.57 bits per heavy atom. The van der Waals surface area contributed by atoms with Crippen LogP contribution in [0.15, 0.2) is 97.1 Å². The standard InChI is InChI=1S/C21H19ClP/c22-23(20-14-6-2-7-15-20,21-16-8-3-9-17-21)18-10-13-19-11-4-1-5-12-19/h1-17H,18H2/q+1. The van der Waals surface area contributed by atoms with E-state index < -0.39 is 6.62 Å². The molecular formula is C21H19ClP+. The van der Waals surface area contributed by atoms with Gasteiger partial charge in [0.1, 0.15) is 16.8 Å². The molecule has 0 heterocycles. The molecule has 114 valence electrons. The Kier molecular flexibility index (Phi) is 5.28. The Hall–Kier alpha value is -1.88. The van der Waals surface area contributed by atoms with Gasteiger partial charge >= 0.3 is 0 Å². The fourth-order valence-electron chi connectivity index (χ4n) is 2.59. The minimum atomic E-state index is -1.93. The third-order valence-corrected chi connectivity index (χ3v) is 8.33. The van der Waals surface area contributed by atoms with Gasteiger partial charge in [-0.3, -0.25) is 0 Å². The van der Waals surface area contributed by atoms with Crippen molar-refractivity contribution in [3.8, 4) is 0 Å². The van der Waals surface area contributed by atoms with Crippen molar-refractivity contribution < 1.29 is 0 Å². The van der Waals surface area contributed by atoms with Gasteiger partial charge in [-0.2, -0.15) is 0 Å². The molecule has 0 bridgehead atoms. The molecule has 0 spiro atoms. The van der Waals surface area contributed by atoms with Crippen LogP contribution in [0.2, 0.25) is 0 Å². The second kappa shape index (κ2) is 7.59. The Labute approximate surface area is 143 Å². The Morgan fingerprint density at radius 1 is 0.652 bits per heavy atom. The lowest BCUT2D eigenvalue weighted by atomic mass is 10.2. The number of hydrogen-bond acceptors (Lipinski definition) is 0. The molecule has 0 saturated heterocycles. The lowest BCUT2D eigenvalue weighted by Gasteiger charge is -2.17. The highest BCUT2D eigenvalue weighted by molar-refractivity contribution is 8.10. The normalized spacial score (nSPS) is 11.7. The Bertz CT molecular complexity index is 712. The lowest BCUT2D eigenvalue weighted by Crippen LogP contribution is -2.19. The first-order valence-electron chi connectivity index (χ1n) is 7.69. The zero-order valence-corrected chi connectivity index (χ0v) is 14.5. The van der Waals surface area contributed by atoms with E-state index >= 15 is 0 Å². The summed E-state index contributed by atoms with van der Waals surface area (Å²) in [7, 11) is 0. The minimum absolute atomic E-state index is 0.845. The summed E-state index contributed by atoms with van der Waals surface area (Å²) in [6.07, 6.45) is 5.20. The second-order valence-corrected chi connectivity index (χ2v) is 9.95. The van der Waals surface area contributed by atoms with E-state index in [2.05, 4.69) is 84.9 Å². The van der Waals surface area contributed by atoms with Gasteiger partial charge in [-0.1, -0.05) is 72.8 Å². The van der Waals surface area contributed by atoms with Gasteiger partial charge in [-0.15, -0.1) is 0 Å². The minimum Gasteiger partial charge on any atom is -0.0622 e. The van der Waals surface area contributed by atoms with Gasteiger partial charge in [0.15, 0.2) is 6.62 Å². The molecule has 3 aromatic carbocycles. The number of halogens is 1. The first-order chi connectivity index (χ1) is 11.3. The van der Waals surface area contributed by atoms with Crippen molar-refractivity contribution in [3.05, 3.63) is 103 Å². The van der Waals surface area contributed by atoms with E-state index in [4.69, 9.17) is 11.2 Å². The van der Waals surface area contributed by atoms with E-state index in [0.717, 1.165) is 6.16 Å². The summed E-state index contributed by atoms with van der Waals surface area (Å²) in [6, 6.07) is 31.3. The number of benzene rings is 3. The molecule has 2 heteroatoms. The van der Waals surface area contributed by atoms with E-state index in [0.29, 0.717) is 0 Å². The molecule has 0 aliphatic carbocycles. The first kappa shape index (κ1) is 16.0. The zero-order chi connectivity index (χ0) is 16.0. The van der Waals surface area contributed by atoms with Crippen LogP contribution in [0.5, 0.6) is 0 Å². The fraction of sp³-hybridized carbons (Fsp3) is 0.0476. The van der Waals surface area contributed by atoms with Crippen LogP contribution in [0, 0.1) is 0 Å². The quantitative estimate of drug-likeness (QED) is 0.537. The van der Waals surface area contributed by atoms with Gasteiger partial charge in [0.05, 0.1) is 11.2 Å². The smallest absolute Gasteiger partial charge is 0.0622 e. The van der Waals surface area contributed by atoms with Crippen LogP contribution in [0.1, 0.15) is 5.56 Å². The predicted octanol–water partition coefficient (Wildman–Crippen LogP) is 5.52. The molecule has 0 unspecified atom stereocenters. The van der Waals surface area contributed by atoms with Gasteiger partial charge in [-0.25, -0.2) is 0 Å². The van der Waals surface area contributed by atoms with Gasteiger partial charge in [-0.05, 0) is 35.9 Å². The zero-order valence-electron chi connectivity index (χ0n) is 12.8. The van der Waals surface area contributed by atoms with Crippen molar-refractivity contribution in [2.75, 3.05) is 6.16 Å². The number of hydrogen-bond donors (Lipinski definition) is 0. The highest BCUT2D eigenvalue weighted by Gasteiger charge is 2.40. The van der Waals surface area contributed by atoms with Crippen molar-refractivity contribution >= 4 is 34.5 Å². The molecular weight excluding hydrogens is 319 g/mol. The van der Waals surface area contributed by atoms with Crippen molar-refractivity contribution in [1.82, 2.24) is 0 Å². The average molecular weight is 338 g/mol. The monoisotopic (exact) mass is 337 g/mol. The fourth-order valence-corrected chi connectivity index (χ4v) is 5.91. The van der Waals surface area contributed by atoms with Crippen molar-refractivity contribution in [1.29, 1.82) is 0 Å². The molecule has 23 heavy (non-hydrogen) atoms. The SMILES string of the molecule is Cl[P+](CC=Cc1ccccc1)(c1ccccc1)c1ccccc1. The van der Waals surface area contributed by atoms with E-state index in [-0.39, 0.29) is 0 Å². The largest absolute Gasteiger partial charge is 0.182 e. The van der Waals surface area contributed by atoms with Crippen molar-refractivity contribution in [3.63, 3.8) is 0 Å². The molecule has 0 fully saturated rings. The molecule has 3 rings (SSSR count). The van der Waals surface area contributed by atoms with Crippen LogP contribution in [0.3, 0.4) is 0 Å². The van der Waals surface area contributed by atoms with Gasteiger partial charge in [0.2, 0.25) is 0 Å². The second-order valence-electron chi connectivity index (χ2n) is 5.38. The Morgan fingerprint density at radius 2 is 1.09 bits per heavy atom. The van der Waals surface area contributed by atoms with Crippen LogP contribution in [-0.2, 0) is 0 Å². The van der Waals surface area contributed by atoms with E-state index in [1.807, 2.05) is 18.2 Å². The number of rotatable bonds is 5. The summed E-state index contributed by atoms with van der Waals surface area (Å²) in [5.74, 6) is 0. The van der Waals surface area contributed by atoms with Gasteiger partial charge in [0.25, 0.3) is 0 Å². The molecule has 0 aromatic heterocycles. The molecule has 0 N–H and O–H groups in total. The average Bonchev–Trinajstić information content (AvgIpc) is 2.64. The topological polar surface area (TPSA) is 0 Å². The summed E-state index contributed by atoms with van der Waals surface area (Å²) in [6.45, 7) is -1.93. The molecule has 0 amide bonds. The van der Waals surface area contributed by atoms with E-state index in [1.54, 1.807) is 0 Å². The molecule has 0 radical (unpaired) electrons. The summed E-state index contributed by atoms with van der Waals surface area (Å²) in [4.78, 5) is 0. The summed E-state index contributed by atoms with van der Waals surface area (Å²) < 4.78 is 0. The predicted molar refractivity (Wildman–Crippen MR) is 105 cm³/mol. The van der Waals surface area contributed by atoms with Crippen LogP contribution >= 0.6 is 17.9 Å². The van der Waals surface area contributed by atoms with Crippen LogP contribution in [-0.4, -0.2) is 6.16 Å². The molecule has 0 nitrogen and oxygen atoms in total. The Balaban J connectivity index is 1.92.